The van der Waals surface area contributed by atoms with E-state index in [0.29, 0.717) is 46.0 Å². The second-order valence-electron chi connectivity index (χ2n) is 5.19. The summed E-state index contributed by atoms with van der Waals surface area (Å²) in [7, 11) is 1.30. The highest BCUT2D eigenvalue weighted by Gasteiger charge is 2.18. The van der Waals surface area contributed by atoms with Crippen LogP contribution in [-0.4, -0.2) is 42.3 Å². The molecule has 0 aliphatic carbocycles. The first kappa shape index (κ1) is 18.1. The minimum absolute atomic E-state index is 0.0649. The highest BCUT2D eigenvalue weighted by Crippen LogP contribution is 2.30. The van der Waals surface area contributed by atoms with Crippen LogP contribution in [0.25, 0.3) is 0 Å². The molecule has 2 N–H and O–H groups in total. The molecule has 136 valence electrons. The van der Waals surface area contributed by atoms with Crippen molar-refractivity contribution in [3.05, 3.63) is 34.3 Å². The molecule has 1 aromatic carbocycles. The first-order chi connectivity index (χ1) is 12.5. The van der Waals surface area contributed by atoms with Gasteiger partial charge >= 0.3 is 5.97 Å². The number of nitrogens with one attached hydrogen (secondary N) is 2. The van der Waals surface area contributed by atoms with Crippen LogP contribution in [0, 0.1) is 6.92 Å². The van der Waals surface area contributed by atoms with Gasteiger partial charge in [0.2, 0.25) is 0 Å². The van der Waals surface area contributed by atoms with Gasteiger partial charge in [0.15, 0.2) is 21.7 Å². The normalized spacial score (nSPS) is 12.2. The van der Waals surface area contributed by atoms with Gasteiger partial charge in [-0.15, -0.1) is 0 Å². The van der Waals surface area contributed by atoms with Crippen molar-refractivity contribution in [2.75, 3.05) is 25.6 Å². The number of benzene rings is 1. The highest BCUT2D eigenvalue weighted by molar-refractivity contribution is 7.80. The molecule has 8 nitrogen and oxygen atoms in total. The molecule has 1 aliphatic rings. The summed E-state index contributed by atoms with van der Waals surface area (Å²) in [6, 6.07) is 4.89. The van der Waals surface area contributed by atoms with E-state index in [9.17, 15) is 9.59 Å². The maximum atomic E-state index is 12.3. The quantitative estimate of drug-likeness (QED) is 0.605. The molecule has 0 spiro atoms. The molecule has 2 aromatic rings. The van der Waals surface area contributed by atoms with E-state index in [1.165, 1.54) is 7.11 Å². The maximum Gasteiger partial charge on any atom is 0.350 e. The number of methoxy groups -OCH3 is 1. The summed E-state index contributed by atoms with van der Waals surface area (Å²) >= 11 is 6.22. The first-order valence-electron chi connectivity index (χ1n) is 7.55. The van der Waals surface area contributed by atoms with Gasteiger partial charge in [0.05, 0.1) is 12.8 Å². The zero-order valence-electron chi connectivity index (χ0n) is 14.0. The lowest BCUT2D eigenvalue weighted by molar-refractivity contribution is 0.0605. The Hall–Kier alpha value is -2.72. The Morgan fingerprint density at radius 1 is 1.27 bits per heavy atom. The molecule has 1 amide bonds. The van der Waals surface area contributed by atoms with Crippen LogP contribution in [-0.2, 0) is 4.74 Å². The van der Waals surface area contributed by atoms with Gasteiger partial charge in [-0.2, -0.15) is 0 Å². The average molecular weight is 393 g/mol. The summed E-state index contributed by atoms with van der Waals surface area (Å²) < 4.78 is 15.6. The fourth-order valence-corrected chi connectivity index (χ4v) is 3.36. The van der Waals surface area contributed by atoms with Crippen molar-refractivity contribution in [1.29, 1.82) is 0 Å². The number of amides is 1. The van der Waals surface area contributed by atoms with Crippen molar-refractivity contribution >= 4 is 45.7 Å². The summed E-state index contributed by atoms with van der Waals surface area (Å²) in [5, 5.41) is 5.80. The minimum atomic E-state index is -0.473. The summed E-state index contributed by atoms with van der Waals surface area (Å²) in [6.07, 6.45) is 0. The third-order valence-corrected chi connectivity index (χ3v) is 4.68. The Bertz CT molecular complexity index is 881. The number of esters is 1. The topological polar surface area (TPSA) is 98.8 Å². The van der Waals surface area contributed by atoms with Gasteiger partial charge in [0, 0.05) is 5.56 Å². The molecule has 0 atom stereocenters. The van der Waals surface area contributed by atoms with Crippen molar-refractivity contribution < 1.29 is 23.8 Å². The van der Waals surface area contributed by atoms with Gasteiger partial charge in [-0.25, -0.2) is 9.78 Å². The van der Waals surface area contributed by atoms with Crippen molar-refractivity contribution in [1.82, 2.24) is 10.3 Å². The minimum Gasteiger partial charge on any atom is -0.486 e. The van der Waals surface area contributed by atoms with Gasteiger partial charge in [-0.1, -0.05) is 11.3 Å². The molecule has 1 aromatic heterocycles. The number of thiazole rings is 1. The van der Waals surface area contributed by atoms with E-state index in [1.54, 1.807) is 25.1 Å². The van der Waals surface area contributed by atoms with Crippen molar-refractivity contribution in [2.24, 2.45) is 0 Å². The molecular weight excluding hydrogens is 378 g/mol. The SMILES string of the molecule is COC(=O)c1sc(NC(=S)NC(=O)c2ccc3c(c2)OCCO3)nc1C. The molecule has 0 saturated heterocycles. The van der Waals surface area contributed by atoms with Crippen LogP contribution in [0.2, 0.25) is 0 Å². The van der Waals surface area contributed by atoms with Crippen LogP contribution < -0.4 is 20.1 Å². The summed E-state index contributed by atoms with van der Waals surface area (Å²) in [5.74, 6) is 0.239. The molecule has 0 unspecified atom stereocenters. The molecule has 1 aliphatic heterocycles. The largest absolute Gasteiger partial charge is 0.486 e. The predicted molar refractivity (Wildman–Crippen MR) is 99.3 cm³/mol. The molecule has 10 heteroatoms. The molecule has 26 heavy (non-hydrogen) atoms. The molecule has 0 bridgehead atoms. The molecule has 0 fully saturated rings. The predicted octanol–water partition coefficient (Wildman–Crippen LogP) is 2.14. The molecule has 3 rings (SSSR count). The Kier molecular flexibility index (Phi) is 5.33. The number of nitrogens with zero attached hydrogens (tertiary/aromatic N) is 1. The number of ether oxygens (including phenoxy) is 3. The van der Waals surface area contributed by atoms with Crippen molar-refractivity contribution in [3.8, 4) is 11.5 Å². The van der Waals surface area contributed by atoms with Crippen LogP contribution >= 0.6 is 23.6 Å². The number of anilines is 1. The van der Waals surface area contributed by atoms with E-state index in [0.717, 1.165) is 11.3 Å². The highest BCUT2D eigenvalue weighted by atomic mass is 32.1. The maximum absolute atomic E-state index is 12.3. The molecular formula is C16H15N3O5S2. The Balaban J connectivity index is 1.65. The summed E-state index contributed by atoms with van der Waals surface area (Å²) in [6.45, 7) is 2.60. The Labute approximate surface area is 158 Å². The lowest BCUT2D eigenvalue weighted by Crippen LogP contribution is -2.34. The number of hydrogen-bond acceptors (Lipinski definition) is 8. The summed E-state index contributed by atoms with van der Waals surface area (Å²) in [5.41, 5.74) is 0.897. The van der Waals surface area contributed by atoms with Crippen LogP contribution in [0.5, 0.6) is 11.5 Å². The van der Waals surface area contributed by atoms with E-state index in [4.69, 9.17) is 21.7 Å². The number of thiocarbonyl (C=S) groups is 1. The average Bonchev–Trinajstić information content (AvgIpc) is 3.00. The van der Waals surface area contributed by atoms with Gasteiger partial charge < -0.3 is 19.5 Å². The van der Waals surface area contributed by atoms with Crippen LogP contribution in [0.4, 0.5) is 5.13 Å². The molecule has 0 radical (unpaired) electrons. The Morgan fingerprint density at radius 3 is 2.73 bits per heavy atom. The number of hydrogen-bond donors (Lipinski definition) is 2. The van der Waals surface area contributed by atoms with Crippen LogP contribution in [0.15, 0.2) is 18.2 Å². The Morgan fingerprint density at radius 2 is 2.00 bits per heavy atom. The standard InChI is InChI=1S/C16H15N3O5S2/c1-8-12(14(21)22-2)26-16(17-8)19-15(25)18-13(20)9-3-4-10-11(7-9)24-6-5-23-10/h3-4,7H,5-6H2,1-2H3,(H2,17,18,19,20,25). The third-order valence-electron chi connectivity index (χ3n) is 3.42. The molecule has 0 saturated carbocycles. The second-order valence-corrected chi connectivity index (χ2v) is 6.60. The number of carbonyl (C=O) groups excluding carboxylic acids is 2. The van der Waals surface area contributed by atoms with E-state index in [-0.39, 0.29) is 5.11 Å². The zero-order chi connectivity index (χ0) is 18.7. The zero-order valence-corrected chi connectivity index (χ0v) is 15.6. The van der Waals surface area contributed by atoms with Gasteiger partial charge in [-0.3, -0.25) is 10.1 Å². The second kappa shape index (κ2) is 7.67. The van der Waals surface area contributed by atoms with Crippen molar-refractivity contribution in [2.45, 2.75) is 6.92 Å². The number of rotatable bonds is 3. The van der Waals surface area contributed by atoms with Crippen LogP contribution in [0.3, 0.4) is 0 Å². The van der Waals surface area contributed by atoms with E-state index in [1.807, 2.05) is 0 Å². The number of fused-ring (bicyclic) bond motifs is 1. The van der Waals surface area contributed by atoms with Crippen LogP contribution in [0.1, 0.15) is 25.7 Å². The van der Waals surface area contributed by atoms with E-state index >= 15 is 0 Å². The van der Waals surface area contributed by atoms with Gasteiger partial charge in [0.25, 0.3) is 5.91 Å². The monoisotopic (exact) mass is 393 g/mol. The molecule has 2 heterocycles. The lowest BCUT2D eigenvalue weighted by Gasteiger charge is -2.18. The number of carbonyl (C=O) groups is 2. The number of aryl methyl sites for hydroxylation is 1. The first-order valence-corrected chi connectivity index (χ1v) is 8.78. The fourth-order valence-electron chi connectivity index (χ4n) is 2.22. The summed E-state index contributed by atoms with van der Waals surface area (Å²) in [4.78, 5) is 28.5. The fraction of sp³-hybridized carbons (Fsp3) is 0.250. The van der Waals surface area contributed by atoms with Crippen molar-refractivity contribution in [3.63, 3.8) is 0 Å². The van der Waals surface area contributed by atoms with E-state index in [2.05, 4.69) is 20.4 Å². The lowest BCUT2D eigenvalue weighted by atomic mass is 10.2. The van der Waals surface area contributed by atoms with Gasteiger partial charge in [0.1, 0.15) is 18.1 Å². The smallest absolute Gasteiger partial charge is 0.350 e. The van der Waals surface area contributed by atoms with Gasteiger partial charge in [-0.05, 0) is 37.3 Å². The third kappa shape index (κ3) is 3.92. The van der Waals surface area contributed by atoms with E-state index < -0.39 is 11.9 Å². The number of aromatic nitrogens is 1.